The molecule has 0 saturated carbocycles. The number of aromatic nitrogens is 1. The average molecular weight is 359 g/mol. The van der Waals surface area contributed by atoms with Gasteiger partial charge in [0.05, 0.1) is 18.2 Å². The van der Waals surface area contributed by atoms with Gasteiger partial charge >= 0.3 is 5.97 Å². The van der Waals surface area contributed by atoms with Crippen molar-refractivity contribution in [3.05, 3.63) is 38.4 Å². The van der Waals surface area contributed by atoms with Crippen LogP contribution in [-0.2, 0) is 4.74 Å². The van der Waals surface area contributed by atoms with Gasteiger partial charge in [-0.15, -0.1) is 0 Å². The summed E-state index contributed by atoms with van der Waals surface area (Å²) in [5.41, 5.74) is 2.35. The number of esters is 1. The lowest BCUT2D eigenvalue weighted by Gasteiger charge is -2.08. The number of halogens is 2. The minimum atomic E-state index is -0.400. The Morgan fingerprint density at radius 1 is 1.29 bits per heavy atom. The molecule has 0 amide bonds. The van der Waals surface area contributed by atoms with E-state index in [1.165, 1.54) is 13.3 Å². The Balaban J connectivity index is 2.77. The number of ether oxygens (including phenoxy) is 1. The molecule has 2 rings (SSSR count). The number of methoxy groups -OCH3 is 1. The number of fused-ring (bicyclic) bond motifs is 1. The second-order valence-electron chi connectivity index (χ2n) is 3.57. The third-order valence-electron chi connectivity index (χ3n) is 2.51. The monoisotopic (exact) mass is 357 g/mol. The molecule has 0 fully saturated rings. The lowest BCUT2D eigenvalue weighted by atomic mass is 10.1. The predicted octanol–water partition coefficient (Wildman–Crippen LogP) is 3.85. The summed E-state index contributed by atoms with van der Waals surface area (Å²) in [6.45, 7) is 1.99. The van der Waals surface area contributed by atoms with Crippen molar-refractivity contribution < 1.29 is 9.53 Å². The number of nitrogens with zero attached hydrogens (tertiary/aromatic N) is 1. The van der Waals surface area contributed by atoms with Crippen molar-refractivity contribution in [1.29, 1.82) is 0 Å². The Hall–Kier alpha value is -0.940. The SMILES string of the molecule is COC(=O)c1cnc2c(Br)c(C)ccc2c1Br. The Labute approximate surface area is 115 Å². The van der Waals surface area contributed by atoms with Crippen LogP contribution in [0.4, 0.5) is 0 Å². The molecular formula is C12H9Br2NO2. The zero-order chi connectivity index (χ0) is 12.6. The van der Waals surface area contributed by atoms with Crippen molar-refractivity contribution in [3.63, 3.8) is 0 Å². The van der Waals surface area contributed by atoms with Crippen LogP contribution >= 0.6 is 31.9 Å². The van der Waals surface area contributed by atoms with Crippen LogP contribution in [0.15, 0.2) is 27.3 Å². The van der Waals surface area contributed by atoms with Gasteiger partial charge in [-0.05, 0) is 44.3 Å². The first-order valence-electron chi connectivity index (χ1n) is 4.88. The van der Waals surface area contributed by atoms with Crippen molar-refractivity contribution >= 4 is 48.7 Å². The summed E-state index contributed by atoms with van der Waals surface area (Å²) >= 11 is 6.91. The van der Waals surface area contributed by atoms with Crippen LogP contribution < -0.4 is 0 Å². The fourth-order valence-corrected chi connectivity index (χ4v) is 2.58. The van der Waals surface area contributed by atoms with Crippen molar-refractivity contribution in [2.24, 2.45) is 0 Å². The molecule has 0 atom stereocenters. The van der Waals surface area contributed by atoms with E-state index >= 15 is 0 Å². The van der Waals surface area contributed by atoms with Crippen molar-refractivity contribution in [2.75, 3.05) is 7.11 Å². The maximum absolute atomic E-state index is 11.5. The predicted molar refractivity (Wildman–Crippen MR) is 73.2 cm³/mol. The Bertz CT molecular complexity index is 611. The van der Waals surface area contributed by atoms with Gasteiger partial charge in [-0.2, -0.15) is 0 Å². The minimum Gasteiger partial charge on any atom is -0.465 e. The van der Waals surface area contributed by atoms with Gasteiger partial charge in [0, 0.05) is 20.5 Å². The van der Waals surface area contributed by atoms with Crippen LogP contribution in [-0.4, -0.2) is 18.1 Å². The summed E-state index contributed by atoms with van der Waals surface area (Å²) in [5.74, 6) is -0.400. The highest BCUT2D eigenvalue weighted by atomic mass is 79.9. The third kappa shape index (κ3) is 2.09. The van der Waals surface area contributed by atoms with Gasteiger partial charge in [-0.25, -0.2) is 4.79 Å². The lowest BCUT2D eigenvalue weighted by Crippen LogP contribution is -2.03. The number of carbonyl (C=O) groups excluding carboxylic acids is 1. The summed E-state index contributed by atoms with van der Waals surface area (Å²) in [5, 5.41) is 0.880. The van der Waals surface area contributed by atoms with Gasteiger partial charge in [0.15, 0.2) is 0 Å². The highest BCUT2D eigenvalue weighted by Gasteiger charge is 2.15. The zero-order valence-corrected chi connectivity index (χ0v) is 12.4. The summed E-state index contributed by atoms with van der Waals surface area (Å²) in [4.78, 5) is 15.8. The van der Waals surface area contributed by atoms with Crippen LogP contribution in [0.1, 0.15) is 15.9 Å². The van der Waals surface area contributed by atoms with E-state index in [0.717, 1.165) is 20.9 Å². The highest BCUT2D eigenvalue weighted by Crippen LogP contribution is 2.32. The van der Waals surface area contributed by atoms with Gasteiger partial charge in [0.1, 0.15) is 0 Å². The summed E-state index contributed by atoms with van der Waals surface area (Å²) in [6.07, 6.45) is 1.52. The summed E-state index contributed by atoms with van der Waals surface area (Å²) < 4.78 is 6.34. The molecule has 3 nitrogen and oxygen atoms in total. The maximum atomic E-state index is 11.5. The highest BCUT2D eigenvalue weighted by molar-refractivity contribution is 9.11. The van der Waals surface area contributed by atoms with E-state index in [1.54, 1.807) is 0 Å². The number of pyridine rings is 1. The smallest absolute Gasteiger partial charge is 0.340 e. The van der Waals surface area contributed by atoms with E-state index in [4.69, 9.17) is 4.74 Å². The first kappa shape index (κ1) is 12.5. The summed E-state index contributed by atoms with van der Waals surface area (Å²) in [7, 11) is 1.35. The molecule has 88 valence electrons. The number of benzene rings is 1. The normalized spacial score (nSPS) is 10.6. The molecule has 0 saturated heterocycles. The topological polar surface area (TPSA) is 39.2 Å². The number of hydrogen-bond donors (Lipinski definition) is 0. The Morgan fingerprint density at radius 2 is 2.00 bits per heavy atom. The van der Waals surface area contributed by atoms with Crippen molar-refractivity contribution in [3.8, 4) is 0 Å². The molecule has 1 aromatic carbocycles. The standard InChI is InChI=1S/C12H9Br2NO2/c1-6-3-4-7-10(14)8(12(16)17-2)5-15-11(7)9(6)13/h3-5H,1-2H3. The molecular weight excluding hydrogens is 350 g/mol. The van der Waals surface area contributed by atoms with Crippen LogP contribution in [0.2, 0.25) is 0 Å². The molecule has 17 heavy (non-hydrogen) atoms. The van der Waals surface area contributed by atoms with E-state index in [9.17, 15) is 4.79 Å². The van der Waals surface area contributed by atoms with Gasteiger partial charge in [0.2, 0.25) is 0 Å². The Morgan fingerprint density at radius 3 is 2.65 bits per heavy atom. The Kier molecular flexibility index (Phi) is 3.49. The number of hydrogen-bond acceptors (Lipinski definition) is 3. The van der Waals surface area contributed by atoms with Crippen LogP contribution in [0, 0.1) is 6.92 Å². The van der Waals surface area contributed by atoms with Crippen molar-refractivity contribution in [2.45, 2.75) is 6.92 Å². The molecule has 2 aromatic rings. The second-order valence-corrected chi connectivity index (χ2v) is 5.16. The maximum Gasteiger partial charge on any atom is 0.340 e. The molecule has 0 bridgehead atoms. The van der Waals surface area contributed by atoms with E-state index < -0.39 is 5.97 Å². The van der Waals surface area contributed by atoms with E-state index in [0.29, 0.717) is 10.0 Å². The van der Waals surface area contributed by atoms with Crippen LogP contribution in [0.25, 0.3) is 10.9 Å². The average Bonchev–Trinajstić information content (AvgIpc) is 2.33. The van der Waals surface area contributed by atoms with Crippen LogP contribution in [0.5, 0.6) is 0 Å². The zero-order valence-electron chi connectivity index (χ0n) is 9.25. The molecule has 5 heteroatoms. The van der Waals surface area contributed by atoms with E-state index in [-0.39, 0.29) is 0 Å². The quantitative estimate of drug-likeness (QED) is 0.726. The van der Waals surface area contributed by atoms with Gasteiger partial charge in [0.25, 0.3) is 0 Å². The molecule has 0 spiro atoms. The second kappa shape index (κ2) is 4.74. The number of carbonyl (C=O) groups is 1. The van der Waals surface area contributed by atoms with E-state index in [2.05, 4.69) is 36.8 Å². The third-order valence-corrected chi connectivity index (χ3v) is 4.37. The number of rotatable bonds is 1. The molecule has 0 N–H and O–H groups in total. The molecule has 0 radical (unpaired) electrons. The summed E-state index contributed by atoms with van der Waals surface area (Å²) in [6, 6.07) is 3.90. The molecule has 0 aliphatic carbocycles. The lowest BCUT2D eigenvalue weighted by molar-refractivity contribution is 0.0599. The molecule has 1 aromatic heterocycles. The first-order valence-corrected chi connectivity index (χ1v) is 6.46. The molecule has 0 unspecified atom stereocenters. The first-order chi connectivity index (χ1) is 8.06. The van der Waals surface area contributed by atoms with Crippen molar-refractivity contribution in [1.82, 2.24) is 4.98 Å². The van der Waals surface area contributed by atoms with E-state index in [1.807, 2.05) is 19.1 Å². The van der Waals surface area contributed by atoms with Gasteiger partial charge in [-0.3, -0.25) is 4.98 Å². The molecule has 1 heterocycles. The minimum absolute atomic E-state index is 0.400. The number of aryl methyl sites for hydroxylation is 1. The largest absolute Gasteiger partial charge is 0.465 e. The molecule has 0 aliphatic rings. The van der Waals surface area contributed by atoms with Gasteiger partial charge < -0.3 is 4.74 Å². The molecule has 0 aliphatic heterocycles. The fourth-order valence-electron chi connectivity index (χ4n) is 1.55. The van der Waals surface area contributed by atoms with Gasteiger partial charge in [-0.1, -0.05) is 12.1 Å². The fraction of sp³-hybridized carbons (Fsp3) is 0.167. The van der Waals surface area contributed by atoms with Crippen LogP contribution in [0.3, 0.4) is 0 Å².